The molecule has 0 atom stereocenters. The predicted molar refractivity (Wildman–Crippen MR) is 91.1 cm³/mol. The smallest absolute Gasteiger partial charge is 0.337 e. The normalized spacial score (nSPS) is 11.0. The van der Waals surface area contributed by atoms with Crippen LogP contribution in [0, 0.1) is 13.8 Å². The second-order valence-electron chi connectivity index (χ2n) is 5.29. The van der Waals surface area contributed by atoms with Gasteiger partial charge in [-0.05, 0) is 49.2 Å². The Hall–Kier alpha value is -2.54. The molecule has 0 spiro atoms. The van der Waals surface area contributed by atoms with Crippen molar-refractivity contribution in [3.63, 3.8) is 0 Å². The van der Waals surface area contributed by atoms with Crippen LogP contribution in [0.4, 0.5) is 5.69 Å². The van der Waals surface area contributed by atoms with E-state index < -0.39 is 16.0 Å². The minimum atomic E-state index is -3.88. The SMILES string of the molecule is COC(=O)c1cccc(NS(=O)(=O)c2cc(C)cc(C)c2OC)c1. The van der Waals surface area contributed by atoms with Gasteiger partial charge in [0.2, 0.25) is 0 Å². The lowest BCUT2D eigenvalue weighted by Gasteiger charge is -2.15. The number of benzene rings is 2. The molecule has 1 N–H and O–H groups in total. The number of esters is 1. The summed E-state index contributed by atoms with van der Waals surface area (Å²) in [7, 11) is -1.19. The van der Waals surface area contributed by atoms with E-state index in [2.05, 4.69) is 9.46 Å². The Kier molecular flexibility index (Phi) is 5.14. The quantitative estimate of drug-likeness (QED) is 0.840. The molecular weight excluding hydrogens is 330 g/mol. The van der Waals surface area contributed by atoms with Gasteiger partial charge in [0, 0.05) is 5.69 Å². The molecule has 0 heterocycles. The third kappa shape index (κ3) is 3.68. The molecular formula is C17H19NO5S. The van der Waals surface area contributed by atoms with Crippen molar-refractivity contribution in [2.24, 2.45) is 0 Å². The van der Waals surface area contributed by atoms with Crippen molar-refractivity contribution >= 4 is 21.7 Å². The van der Waals surface area contributed by atoms with E-state index in [1.54, 1.807) is 31.2 Å². The van der Waals surface area contributed by atoms with Crippen LogP contribution in [-0.2, 0) is 14.8 Å². The molecule has 6 nitrogen and oxygen atoms in total. The van der Waals surface area contributed by atoms with Crippen LogP contribution in [0.3, 0.4) is 0 Å². The van der Waals surface area contributed by atoms with Gasteiger partial charge in [0.25, 0.3) is 10.0 Å². The summed E-state index contributed by atoms with van der Waals surface area (Å²) in [6.45, 7) is 3.59. The van der Waals surface area contributed by atoms with Crippen LogP contribution < -0.4 is 9.46 Å². The van der Waals surface area contributed by atoms with Crippen molar-refractivity contribution in [1.82, 2.24) is 0 Å². The second kappa shape index (κ2) is 6.92. The molecule has 0 aliphatic rings. The monoisotopic (exact) mass is 349 g/mol. The summed E-state index contributed by atoms with van der Waals surface area (Å²) in [5.74, 6) is -0.253. The van der Waals surface area contributed by atoms with E-state index in [4.69, 9.17) is 4.74 Å². The van der Waals surface area contributed by atoms with E-state index in [9.17, 15) is 13.2 Å². The van der Waals surface area contributed by atoms with E-state index in [1.807, 2.05) is 13.0 Å². The number of sulfonamides is 1. The molecule has 2 rings (SSSR count). The third-order valence-electron chi connectivity index (χ3n) is 3.41. The van der Waals surface area contributed by atoms with E-state index in [-0.39, 0.29) is 21.9 Å². The molecule has 0 aliphatic carbocycles. The lowest BCUT2D eigenvalue weighted by Crippen LogP contribution is -2.15. The van der Waals surface area contributed by atoms with E-state index >= 15 is 0 Å². The predicted octanol–water partition coefficient (Wildman–Crippen LogP) is 2.90. The molecule has 0 saturated heterocycles. The zero-order chi connectivity index (χ0) is 17.9. The first-order valence-electron chi connectivity index (χ1n) is 7.15. The van der Waals surface area contributed by atoms with Gasteiger partial charge in [-0.3, -0.25) is 4.72 Å². The molecule has 0 fully saturated rings. The summed E-state index contributed by atoms with van der Waals surface area (Å²) in [5, 5.41) is 0. The van der Waals surface area contributed by atoms with Crippen molar-refractivity contribution in [1.29, 1.82) is 0 Å². The summed E-state index contributed by atoms with van der Waals surface area (Å²) >= 11 is 0. The molecule has 2 aromatic carbocycles. The second-order valence-corrected chi connectivity index (χ2v) is 6.94. The highest BCUT2D eigenvalue weighted by Gasteiger charge is 2.22. The highest BCUT2D eigenvalue weighted by atomic mass is 32.2. The zero-order valence-electron chi connectivity index (χ0n) is 13.9. The number of nitrogens with one attached hydrogen (secondary N) is 1. The lowest BCUT2D eigenvalue weighted by molar-refractivity contribution is 0.0601. The van der Waals surface area contributed by atoms with Crippen LogP contribution in [0.15, 0.2) is 41.3 Å². The number of hydrogen-bond donors (Lipinski definition) is 1. The molecule has 0 amide bonds. The topological polar surface area (TPSA) is 81.7 Å². The number of methoxy groups -OCH3 is 2. The summed E-state index contributed by atoms with van der Waals surface area (Å²) in [5.41, 5.74) is 2.04. The summed E-state index contributed by atoms with van der Waals surface area (Å²) in [6, 6.07) is 9.47. The Morgan fingerprint density at radius 3 is 2.42 bits per heavy atom. The molecule has 0 saturated carbocycles. The number of anilines is 1. The van der Waals surface area contributed by atoms with E-state index in [0.29, 0.717) is 0 Å². The fourth-order valence-corrected chi connectivity index (χ4v) is 3.79. The average molecular weight is 349 g/mol. The van der Waals surface area contributed by atoms with Gasteiger partial charge in [-0.1, -0.05) is 12.1 Å². The first-order valence-corrected chi connectivity index (χ1v) is 8.63. The number of carbonyl (C=O) groups excluding carboxylic acids is 1. The summed E-state index contributed by atoms with van der Waals surface area (Å²) in [4.78, 5) is 11.6. The molecule has 0 radical (unpaired) electrons. The number of hydrogen-bond acceptors (Lipinski definition) is 5. The van der Waals surface area contributed by atoms with Crippen molar-refractivity contribution in [3.05, 3.63) is 53.1 Å². The fourth-order valence-electron chi connectivity index (χ4n) is 2.41. The van der Waals surface area contributed by atoms with Gasteiger partial charge >= 0.3 is 5.97 Å². The Balaban J connectivity index is 2.45. The Morgan fingerprint density at radius 1 is 1.08 bits per heavy atom. The van der Waals surface area contributed by atoms with Gasteiger partial charge in [-0.25, -0.2) is 13.2 Å². The van der Waals surface area contributed by atoms with Gasteiger partial charge < -0.3 is 9.47 Å². The molecule has 2 aromatic rings. The Labute approximate surface area is 141 Å². The highest BCUT2D eigenvalue weighted by molar-refractivity contribution is 7.92. The van der Waals surface area contributed by atoms with Crippen LogP contribution in [0.1, 0.15) is 21.5 Å². The maximum Gasteiger partial charge on any atom is 0.337 e. The standard InChI is InChI=1S/C17H19NO5S/c1-11-8-12(2)16(22-3)15(9-11)24(20,21)18-14-7-5-6-13(10-14)17(19)23-4/h5-10,18H,1-4H3. The Bertz CT molecular complexity index is 875. The van der Waals surface area contributed by atoms with Crippen LogP contribution >= 0.6 is 0 Å². The van der Waals surface area contributed by atoms with Crippen LogP contribution in [0.2, 0.25) is 0 Å². The van der Waals surface area contributed by atoms with Gasteiger partial charge in [-0.2, -0.15) is 0 Å². The van der Waals surface area contributed by atoms with Crippen LogP contribution in [-0.4, -0.2) is 28.6 Å². The molecule has 7 heteroatoms. The summed E-state index contributed by atoms with van der Waals surface area (Å²) in [6.07, 6.45) is 0. The van der Waals surface area contributed by atoms with Gasteiger partial charge in [-0.15, -0.1) is 0 Å². The fraction of sp³-hybridized carbons (Fsp3) is 0.235. The largest absolute Gasteiger partial charge is 0.495 e. The van der Waals surface area contributed by atoms with Crippen LogP contribution in [0.25, 0.3) is 0 Å². The number of ether oxygens (including phenoxy) is 2. The molecule has 0 unspecified atom stereocenters. The lowest BCUT2D eigenvalue weighted by atomic mass is 10.1. The highest BCUT2D eigenvalue weighted by Crippen LogP contribution is 2.30. The van der Waals surface area contributed by atoms with E-state index in [0.717, 1.165) is 11.1 Å². The van der Waals surface area contributed by atoms with Crippen molar-refractivity contribution < 1.29 is 22.7 Å². The Morgan fingerprint density at radius 2 is 1.79 bits per heavy atom. The van der Waals surface area contributed by atoms with Crippen molar-refractivity contribution in [2.45, 2.75) is 18.7 Å². The molecule has 0 aromatic heterocycles. The first-order chi connectivity index (χ1) is 11.3. The molecule has 128 valence electrons. The molecule has 24 heavy (non-hydrogen) atoms. The van der Waals surface area contributed by atoms with E-state index in [1.165, 1.54) is 20.3 Å². The van der Waals surface area contributed by atoms with Crippen molar-refractivity contribution in [3.8, 4) is 5.75 Å². The van der Waals surface area contributed by atoms with Gasteiger partial charge in [0.15, 0.2) is 0 Å². The average Bonchev–Trinajstić information content (AvgIpc) is 2.53. The number of rotatable bonds is 5. The maximum atomic E-state index is 12.7. The molecule has 0 bridgehead atoms. The summed E-state index contributed by atoms with van der Waals surface area (Å²) < 4.78 is 37.8. The maximum absolute atomic E-state index is 12.7. The number of aryl methyl sites for hydroxylation is 2. The molecule has 0 aliphatic heterocycles. The first kappa shape index (κ1) is 17.8. The number of carbonyl (C=O) groups is 1. The third-order valence-corrected chi connectivity index (χ3v) is 4.80. The zero-order valence-corrected chi connectivity index (χ0v) is 14.7. The van der Waals surface area contributed by atoms with Gasteiger partial charge in [0.1, 0.15) is 10.6 Å². The minimum absolute atomic E-state index is 0.0472. The van der Waals surface area contributed by atoms with Gasteiger partial charge in [0.05, 0.1) is 19.8 Å². The van der Waals surface area contributed by atoms with Crippen LogP contribution in [0.5, 0.6) is 5.75 Å². The minimum Gasteiger partial charge on any atom is -0.495 e. The van der Waals surface area contributed by atoms with Crippen molar-refractivity contribution in [2.75, 3.05) is 18.9 Å².